The van der Waals surface area contributed by atoms with E-state index < -0.39 is 0 Å². The minimum Gasteiger partial charge on any atom is -0.308 e. The maximum absolute atomic E-state index is 12.4. The van der Waals surface area contributed by atoms with Gasteiger partial charge in [-0.1, -0.05) is 35.0 Å². The van der Waals surface area contributed by atoms with Crippen molar-refractivity contribution >= 4 is 57.2 Å². The van der Waals surface area contributed by atoms with Crippen molar-refractivity contribution < 1.29 is 4.79 Å². The molecule has 0 aliphatic carbocycles. The van der Waals surface area contributed by atoms with Crippen LogP contribution < -0.4 is 5.32 Å². The number of nitrogens with one attached hydrogen (secondary N) is 1. The molecule has 1 amide bonds. The highest BCUT2D eigenvalue weighted by Crippen LogP contribution is 2.31. The van der Waals surface area contributed by atoms with Crippen LogP contribution in [0.4, 0.5) is 5.69 Å². The molecule has 0 unspecified atom stereocenters. The molecule has 0 radical (unpaired) electrons. The Morgan fingerprint density at radius 1 is 1.28 bits per heavy atom. The van der Waals surface area contributed by atoms with Gasteiger partial charge >= 0.3 is 0 Å². The molecule has 148 valence electrons. The van der Waals surface area contributed by atoms with Gasteiger partial charge in [-0.15, -0.1) is 5.10 Å². The molecule has 1 saturated heterocycles. The van der Waals surface area contributed by atoms with E-state index in [2.05, 4.69) is 25.5 Å². The summed E-state index contributed by atoms with van der Waals surface area (Å²) in [4.78, 5) is 19.5. The first-order valence-electron chi connectivity index (χ1n) is 9.02. The van der Waals surface area contributed by atoms with Crippen LogP contribution in [0.15, 0.2) is 52.4 Å². The highest BCUT2D eigenvalue weighted by molar-refractivity contribution is 8.18. The number of carbonyl (C=O) groups excluding carboxylic acids is 1. The zero-order chi connectivity index (χ0) is 20.4. The molecule has 2 aromatic carbocycles. The molecule has 1 fully saturated rings. The Balaban J connectivity index is 1.59. The third-order valence-electron chi connectivity index (χ3n) is 4.32. The number of halogens is 1. The highest BCUT2D eigenvalue weighted by atomic mass is 35.5. The minimum absolute atomic E-state index is 0.180. The Labute approximate surface area is 177 Å². The number of likely N-dealkylation sites (N-methyl/N-ethyl adjacent to an activating group) is 1. The Morgan fingerprint density at radius 2 is 2.10 bits per heavy atom. The summed E-state index contributed by atoms with van der Waals surface area (Å²) < 4.78 is 1.88. The SMILES string of the molecule is CN(C)CCn1nnc2ccc(/C=C3/SC(=Nc4ccccc4Cl)NC3=O)cc21. The molecule has 0 bridgehead atoms. The lowest BCUT2D eigenvalue weighted by atomic mass is 10.2. The monoisotopic (exact) mass is 426 g/mol. The second-order valence-corrected chi connectivity index (χ2v) is 8.24. The number of rotatable bonds is 5. The highest BCUT2D eigenvalue weighted by Gasteiger charge is 2.24. The van der Waals surface area contributed by atoms with Crippen LogP contribution in [0, 0.1) is 0 Å². The molecule has 7 nitrogen and oxygen atoms in total. The lowest BCUT2D eigenvalue weighted by Crippen LogP contribution is -2.19. The molecular formula is C20H19ClN6OS. The van der Waals surface area contributed by atoms with E-state index in [1.807, 2.05) is 55.2 Å². The van der Waals surface area contributed by atoms with E-state index in [1.165, 1.54) is 11.8 Å². The van der Waals surface area contributed by atoms with Crippen molar-refractivity contribution in [1.82, 2.24) is 25.2 Å². The molecule has 1 aliphatic heterocycles. The molecular weight excluding hydrogens is 408 g/mol. The van der Waals surface area contributed by atoms with Crippen LogP contribution in [-0.2, 0) is 11.3 Å². The van der Waals surface area contributed by atoms with Gasteiger partial charge in [0, 0.05) is 6.54 Å². The Morgan fingerprint density at radius 3 is 2.90 bits per heavy atom. The van der Waals surface area contributed by atoms with Crippen LogP contribution in [0.5, 0.6) is 0 Å². The topological polar surface area (TPSA) is 75.4 Å². The Kier molecular flexibility index (Phi) is 5.66. The van der Waals surface area contributed by atoms with Crippen molar-refractivity contribution in [3.05, 3.63) is 58.0 Å². The molecule has 1 aromatic heterocycles. The van der Waals surface area contributed by atoms with Crippen molar-refractivity contribution in [2.24, 2.45) is 4.99 Å². The fourth-order valence-electron chi connectivity index (χ4n) is 2.82. The molecule has 0 atom stereocenters. The van der Waals surface area contributed by atoms with E-state index >= 15 is 0 Å². The fourth-order valence-corrected chi connectivity index (χ4v) is 3.83. The maximum atomic E-state index is 12.4. The number of hydrogen-bond donors (Lipinski definition) is 1. The number of fused-ring (bicyclic) bond motifs is 1. The minimum atomic E-state index is -0.180. The van der Waals surface area contributed by atoms with E-state index in [9.17, 15) is 4.79 Å². The second kappa shape index (κ2) is 8.36. The molecule has 1 N–H and O–H groups in total. The molecule has 3 aromatic rings. The standard InChI is InChI=1S/C20H19ClN6OS/c1-26(2)9-10-27-17-11-13(7-8-16(17)24-25-27)12-18-19(28)23-20(29-18)22-15-6-4-3-5-14(15)21/h3-8,11-12H,9-10H2,1-2H3,(H,22,23,28)/b18-12+. The van der Waals surface area contributed by atoms with E-state index in [0.717, 1.165) is 29.7 Å². The van der Waals surface area contributed by atoms with Crippen molar-refractivity contribution in [2.75, 3.05) is 20.6 Å². The smallest absolute Gasteiger partial charge is 0.264 e. The Hall–Kier alpha value is -2.68. The first kappa shape index (κ1) is 19.6. The lowest BCUT2D eigenvalue weighted by Gasteiger charge is -2.09. The van der Waals surface area contributed by atoms with Crippen molar-refractivity contribution in [1.29, 1.82) is 0 Å². The summed E-state index contributed by atoms with van der Waals surface area (Å²) in [5, 5.41) is 12.3. The number of aromatic nitrogens is 3. The van der Waals surface area contributed by atoms with E-state index in [1.54, 1.807) is 12.1 Å². The predicted molar refractivity (Wildman–Crippen MR) is 118 cm³/mol. The first-order valence-corrected chi connectivity index (χ1v) is 10.2. The largest absolute Gasteiger partial charge is 0.308 e. The molecule has 29 heavy (non-hydrogen) atoms. The van der Waals surface area contributed by atoms with Gasteiger partial charge in [0.05, 0.1) is 27.7 Å². The first-order chi connectivity index (χ1) is 14.0. The lowest BCUT2D eigenvalue weighted by molar-refractivity contribution is -0.115. The van der Waals surface area contributed by atoms with Gasteiger partial charge in [0.15, 0.2) is 5.17 Å². The Bertz CT molecular complexity index is 1140. The zero-order valence-electron chi connectivity index (χ0n) is 16.0. The summed E-state index contributed by atoms with van der Waals surface area (Å²) in [5.41, 5.74) is 3.29. The second-order valence-electron chi connectivity index (χ2n) is 6.80. The summed E-state index contributed by atoms with van der Waals surface area (Å²) in [6.07, 6.45) is 1.85. The van der Waals surface area contributed by atoms with Crippen LogP contribution in [0.25, 0.3) is 17.1 Å². The fraction of sp³-hybridized carbons (Fsp3) is 0.200. The zero-order valence-corrected chi connectivity index (χ0v) is 17.5. The average molecular weight is 427 g/mol. The van der Waals surface area contributed by atoms with Crippen LogP contribution in [0.3, 0.4) is 0 Å². The van der Waals surface area contributed by atoms with Gasteiger partial charge in [-0.2, -0.15) is 0 Å². The number of para-hydroxylation sites is 1. The van der Waals surface area contributed by atoms with Crippen molar-refractivity contribution in [2.45, 2.75) is 6.54 Å². The molecule has 4 rings (SSSR count). The van der Waals surface area contributed by atoms with Gasteiger partial charge in [-0.3, -0.25) is 4.79 Å². The van der Waals surface area contributed by atoms with Gasteiger partial charge in [0.2, 0.25) is 0 Å². The normalized spacial score (nSPS) is 17.0. The third-order valence-corrected chi connectivity index (χ3v) is 5.55. The number of carbonyl (C=O) groups is 1. The summed E-state index contributed by atoms with van der Waals surface area (Å²) >= 11 is 7.44. The van der Waals surface area contributed by atoms with Crippen LogP contribution in [0.2, 0.25) is 5.02 Å². The van der Waals surface area contributed by atoms with Gasteiger partial charge < -0.3 is 10.2 Å². The van der Waals surface area contributed by atoms with E-state index in [0.29, 0.717) is 20.8 Å². The predicted octanol–water partition coefficient (Wildman–Crippen LogP) is 3.54. The average Bonchev–Trinajstić information content (AvgIpc) is 3.25. The molecule has 0 saturated carbocycles. The van der Waals surface area contributed by atoms with Crippen molar-refractivity contribution in [3.8, 4) is 0 Å². The number of amides is 1. The number of aliphatic imine (C=N–C) groups is 1. The number of hydrogen-bond acceptors (Lipinski definition) is 6. The van der Waals surface area contributed by atoms with Crippen molar-refractivity contribution in [3.63, 3.8) is 0 Å². The summed E-state index contributed by atoms with van der Waals surface area (Å²) in [5.74, 6) is -0.180. The van der Waals surface area contributed by atoms with E-state index in [4.69, 9.17) is 11.6 Å². The van der Waals surface area contributed by atoms with Gasteiger partial charge in [0.1, 0.15) is 5.52 Å². The van der Waals surface area contributed by atoms with E-state index in [-0.39, 0.29) is 5.91 Å². The molecule has 2 heterocycles. The van der Waals surface area contributed by atoms with Gasteiger partial charge in [0.25, 0.3) is 5.91 Å². The maximum Gasteiger partial charge on any atom is 0.264 e. The number of thioether (sulfide) groups is 1. The summed E-state index contributed by atoms with van der Waals surface area (Å²) in [6.45, 7) is 1.61. The summed E-state index contributed by atoms with van der Waals surface area (Å²) in [7, 11) is 4.04. The third kappa shape index (κ3) is 4.50. The quantitative estimate of drug-likeness (QED) is 0.631. The summed E-state index contributed by atoms with van der Waals surface area (Å²) in [6, 6.07) is 13.1. The molecule has 1 aliphatic rings. The van der Waals surface area contributed by atoms with Gasteiger partial charge in [-0.05, 0) is 61.8 Å². The molecule has 9 heteroatoms. The van der Waals surface area contributed by atoms with Crippen LogP contribution in [-0.4, -0.2) is 51.6 Å². The number of amidine groups is 1. The van der Waals surface area contributed by atoms with Crippen LogP contribution >= 0.6 is 23.4 Å². The molecule has 0 spiro atoms. The number of nitrogens with zero attached hydrogens (tertiary/aromatic N) is 5. The van der Waals surface area contributed by atoms with Gasteiger partial charge in [-0.25, -0.2) is 9.67 Å². The number of benzene rings is 2. The van der Waals surface area contributed by atoms with Crippen LogP contribution in [0.1, 0.15) is 5.56 Å².